The highest BCUT2D eigenvalue weighted by atomic mass is 32.1. The summed E-state index contributed by atoms with van der Waals surface area (Å²) in [6.45, 7) is 3.65. The fourth-order valence-corrected chi connectivity index (χ4v) is 5.93. The summed E-state index contributed by atoms with van der Waals surface area (Å²) >= 11 is 1.68. The number of rotatable bonds is 5. The molecule has 5 heterocycles. The standard InChI is InChI=1S/C22H26N6OS/c1-2-15-19(22(29)28-10-13-5-6-14(11-28)23-13)25-21(16-7-8-30-20(15)16)24-18-9-17(26-27-18)12-3-4-12/h7-9,12-14,23H,2-6,10-11H2,1H3,(H2,24,25,26,27). The third-order valence-corrected chi connectivity index (χ3v) is 7.60. The molecule has 3 N–H and O–H groups in total. The smallest absolute Gasteiger partial charge is 0.272 e. The third kappa shape index (κ3) is 3.09. The lowest BCUT2D eigenvalue weighted by Crippen LogP contribution is -2.53. The first-order chi connectivity index (χ1) is 14.7. The van der Waals surface area contributed by atoms with Crippen molar-refractivity contribution in [1.29, 1.82) is 0 Å². The molecular weight excluding hydrogens is 396 g/mol. The van der Waals surface area contributed by atoms with Crippen LogP contribution in [0, 0.1) is 0 Å². The van der Waals surface area contributed by atoms with Crippen LogP contribution in [-0.2, 0) is 6.42 Å². The summed E-state index contributed by atoms with van der Waals surface area (Å²) in [4.78, 5) is 20.4. The van der Waals surface area contributed by atoms with Crippen LogP contribution in [0.2, 0.25) is 0 Å². The Kier molecular flexibility index (Phi) is 4.31. The molecule has 8 heteroatoms. The summed E-state index contributed by atoms with van der Waals surface area (Å²) in [5.74, 6) is 2.16. The van der Waals surface area contributed by atoms with Gasteiger partial charge in [-0.1, -0.05) is 6.92 Å². The number of piperazine rings is 1. The Labute approximate surface area is 179 Å². The second-order valence-electron chi connectivity index (χ2n) is 8.76. The summed E-state index contributed by atoms with van der Waals surface area (Å²) < 4.78 is 1.15. The number of amides is 1. The number of pyridine rings is 1. The number of nitrogens with zero attached hydrogens (tertiary/aromatic N) is 3. The van der Waals surface area contributed by atoms with Gasteiger partial charge in [-0.3, -0.25) is 9.89 Å². The molecule has 7 nitrogen and oxygen atoms in total. The molecule has 2 saturated heterocycles. The van der Waals surface area contributed by atoms with Crippen LogP contribution in [0.3, 0.4) is 0 Å². The molecule has 3 fully saturated rings. The second-order valence-corrected chi connectivity index (χ2v) is 9.68. The number of hydrogen-bond acceptors (Lipinski definition) is 6. The number of aromatic nitrogens is 3. The maximum Gasteiger partial charge on any atom is 0.272 e. The summed E-state index contributed by atoms with van der Waals surface area (Å²) in [5.41, 5.74) is 2.83. The van der Waals surface area contributed by atoms with Gasteiger partial charge in [0.15, 0.2) is 5.82 Å². The molecule has 3 aromatic heterocycles. The zero-order valence-corrected chi connectivity index (χ0v) is 17.9. The average Bonchev–Trinajstić information content (AvgIpc) is 3.15. The number of nitrogens with one attached hydrogen (secondary N) is 3. The molecule has 156 valence electrons. The van der Waals surface area contributed by atoms with E-state index in [2.05, 4.69) is 45.3 Å². The number of aryl methyl sites for hydroxylation is 1. The predicted molar refractivity (Wildman–Crippen MR) is 119 cm³/mol. The van der Waals surface area contributed by atoms with E-state index in [4.69, 9.17) is 4.98 Å². The topological polar surface area (TPSA) is 85.9 Å². The number of thiophene rings is 1. The summed E-state index contributed by atoms with van der Waals surface area (Å²) in [6, 6.07) is 5.00. The summed E-state index contributed by atoms with van der Waals surface area (Å²) in [5, 5.41) is 17.7. The van der Waals surface area contributed by atoms with Crippen LogP contribution in [0.15, 0.2) is 17.5 Å². The lowest BCUT2D eigenvalue weighted by atomic mass is 10.1. The Morgan fingerprint density at radius 1 is 1.27 bits per heavy atom. The Hall–Kier alpha value is -2.45. The summed E-state index contributed by atoms with van der Waals surface area (Å²) in [7, 11) is 0. The highest BCUT2D eigenvalue weighted by Gasteiger charge is 2.36. The number of hydrogen-bond donors (Lipinski definition) is 3. The van der Waals surface area contributed by atoms with E-state index in [0.717, 1.165) is 59.6 Å². The van der Waals surface area contributed by atoms with Crippen LogP contribution in [0.1, 0.15) is 60.3 Å². The third-order valence-electron chi connectivity index (χ3n) is 6.63. The van der Waals surface area contributed by atoms with Gasteiger partial charge in [-0.25, -0.2) is 4.98 Å². The molecule has 0 spiro atoms. The minimum atomic E-state index is 0.0595. The molecule has 2 unspecified atom stereocenters. The molecule has 2 aliphatic heterocycles. The summed E-state index contributed by atoms with van der Waals surface area (Å²) in [6.07, 6.45) is 5.55. The van der Waals surface area contributed by atoms with E-state index >= 15 is 0 Å². The van der Waals surface area contributed by atoms with Gasteiger partial charge in [0.05, 0.1) is 0 Å². The van der Waals surface area contributed by atoms with Gasteiger partial charge in [-0.2, -0.15) is 5.10 Å². The minimum Gasteiger partial charge on any atom is -0.334 e. The molecule has 3 aliphatic rings. The highest BCUT2D eigenvalue weighted by molar-refractivity contribution is 7.17. The van der Waals surface area contributed by atoms with Crippen molar-refractivity contribution in [3.8, 4) is 0 Å². The number of anilines is 2. The van der Waals surface area contributed by atoms with Crippen LogP contribution in [0.25, 0.3) is 10.1 Å². The van der Waals surface area contributed by atoms with E-state index in [1.165, 1.54) is 18.5 Å². The molecule has 6 rings (SSSR count). The van der Waals surface area contributed by atoms with Gasteiger partial charge in [0.25, 0.3) is 5.91 Å². The van der Waals surface area contributed by atoms with Crippen LogP contribution in [-0.4, -0.2) is 51.2 Å². The number of carbonyl (C=O) groups is 1. The normalized spacial score (nSPS) is 23.3. The minimum absolute atomic E-state index is 0.0595. The van der Waals surface area contributed by atoms with Gasteiger partial charge in [0.2, 0.25) is 0 Å². The van der Waals surface area contributed by atoms with Crippen molar-refractivity contribution < 1.29 is 4.79 Å². The van der Waals surface area contributed by atoms with E-state index in [1.807, 2.05) is 4.90 Å². The van der Waals surface area contributed by atoms with E-state index in [0.29, 0.717) is 23.7 Å². The lowest BCUT2D eigenvalue weighted by Gasteiger charge is -2.33. The van der Waals surface area contributed by atoms with Crippen molar-refractivity contribution in [2.75, 3.05) is 18.4 Å². The van der Waals surface area contributed by atoms with E-state index in [9.17, 15) is 4.79 Å². The molecular formula is C22H26N6OS. The molecule has 2 atom stereocenters. The average molecular weight is 423 g/mol. The SMILES string of the molecule is CCc1c(C(=O)N2CC3CCC(C2)N3)nc(Nc2cc(C3CC3)[nH]n2)c2ccsc12. The van der Waals surface area contributed by atoms with Crippen molar-refractivity contribution in [1.82, 2.24) is 25.4 Å². The van der Waals surface area contributed by atoms with E-state index in [1.54, 1.807) is 11.3 Å². The predicted octanol–water partition coefficient (Wildman–Crippen LogP) is 3.78. The first kappa shape index (κ1) is 18.3. The largest absolute Gasteiger partial charge is 0.334 e. The Bertz CT molecular complexity index is 1100. The fourth-order valence-electron chi connectivity index (χ4n) is 4.91. The zero-order valence-electron chi connectivity index (χ0n) is 17.1. The zero-order chi connectivity index (χ0) is 20.2. The number of carbonyl (C=O) groups excluding carboxylic acids is 1. The quantitative estimate of drug-likeness (QED) is 0.583. The van der Waals surface area contributed by atoms with Gasteiger partial charge >= 0.3 is 0 Å². The van der Waals surface area contributed by atoms with Crippen LogP contribution < -0.4 is 10.6 Å². The van der Waals surface area contributed by atoms with Crippen molar-refractivity contribution in [2.24, 2.45) is 0 Å². The van der Waals surface area contributed by atoms with Gasteiger partial charge < -0.3 is 15.5 Å². The van der Waals surface area contributed by atoms with Gasteiger partial charge in [-0.05, 0) is 43.6 Å². The van der Waals surface area contributed by atoms with Crippen molar-refractivity contribution in [3.63, 3.8) is 0 Å². The maximum absolute atomic E-state index is 13.6. The molecule has 1 saturated carbocycles. The molecule has 1 amide bonds. The van der Waals surface area contributed by atoms with E-state index in [-0.39, 0.29) is 5.91 Å². The molecule has 3 aromatic rings. The van der Waals surface area contributed by atoms with Gasteiger partial charge in [-0.15, -0.1) is 11.3 Å². The molecule has 0 radical (unpaired) electrons. The first-order valence-corrected chi connectivity index (χ1v) is 11.8. The van der Waals surface area contributed by atoms with Crippen LogP contribution in [0.5, 0.6) is 0 Å². The molecule has 30 heavy (non-hydrogen) atoms. The highest BCUT2D eigenvalue weighted by Crippen LogP contribution is 2.40. The van der Waals surface area contributed by atoms with Crippen molar-refractivity contribution in [2.45, 2.75) is 57.0 Å². The van der Waals surface area contributed by atoms with Crippen LogP contribution in [0.4, 0.5) is 11.6 Å². The van der Waals surface area contributed by atoms with Gasteiger partial charge in [0.1, 0.15) is 11.5 Å². The van der Waals surface area contributed by atoms with Crippen molar-refractivity contribution >= 4 is 39.0 Å². The molecule has 1 aliphatic carbocycles. The molecule has 0 aromatic carbocycles. The lowest BCUT2D eigenvalue weighted by molar-refractivity contribution is 0.0691. The Morgan fingerprint density at radius 3 is 2.80 bits per heavy atom. The number of likely N-dealkylation sites (tertiary alicyclic amines) is 1. The fraction of sp³-hybridized carbons (Fsp3) is 0.500. The van der Waals surface area contributed by atoms with Crippen molar-refractivity contribution in [3.05, 3.63) is 34.5 Å². The number of H-pyrrole nitrogens is 1. The van der Waals surface area contributed by atoms with Crippen LogP contribution >= 0.6 is 11.3 Å². The monoisotopic (exact) mass is 422 g/mol. The van der Waals surface area contributed by atoms with E-state index < -0.39 is 0 Å². The maximum atomic E-state index is 13.6. The number of aromatic amines is 1. The Morgan fingerprint density at radius 2 is 2.07 bits per heavy atom. The molecule has 2 bridgehead atoms. The number of fused-ring (bicyclic) bond motifs is 3. The second kappa shape index (κ2) is 7.06. The first-order valence-electron chi connectivity index (χ1n) is 11.0. The van der Waals surface area contributed by atoms with Gasteiger partial charge in [0, 0.05) is 58.5 Å². The Balaban J connectivity index is 1.37.